The van der Waals surface area contributed by atoms with Crippen LogP contribution < -0.4 is 11.2 Å². The van der Waals surface area contributed by atoms with Gasteiger partial charge >= 0.3 is 5.63 Å². The second-order valence-electron chi connectivity index (χ2n) is 6.11. The summed E-state index contributed by atoms with van der Waals surface area (Å²) < 4.78 is 20.4. The molecule has 0 fully saturated rings. The lowest BCUT2D eigenvalue weighted by Gasteiger charge is -2.18. The van der Waals surface area contributed by atoms with Crippen LogP contribution in [0.25, 0.3) is 27.9 Å². The summed E-state index contributed by atoms with van der Waals surface area (Å²) in [6.45, 7) is 1.68. The minimum atomic E-state index is -0.759. The van der Waals surface area contributed by atoms with Gasteiger partial charge in [-0.2, -0.15) is 0 Å². The molecule has 6 heteroatoms. The molecule has 0 atom stereocenters. The van der Waals surface area contributed by atoms with Crippen molar-refractivity contribution in [3.63, 3.8) is 0 Å². The highest BCUT2D eigenvalue weighted by Gasteiger charge is 2.21. The van der Waals surface area contributed by atoms with Crippen LogP contribution in [-0.4, -0.2) is 9.67 Å². The second kappa shape index (κ2) is 6.25. The van der Waals surface area contributed by atoms with E-state index in [1.807, 2.05) is 6.07 Å². The number of aromatic hydroxyl groups is 1. The maximum atomic E-state index is 13.8. The van der Waals surface area contributed by atoms with Crippen LogP contribution in [0.2, 0.25) is 0 Å². The van der Waals surface area contributed by atoms with Gasteiger partial charge in [0.25, 0.3) is 5.56 Å². The summed E-state index contributed by atoms with van der Waals surface area (Å²) in [5.74, 6) is -0.973. The van der Waals surface area contributed by atoms with Crippen molar-refractivity contribution in [2.75, 3.05) is 0 Å². The first-order valence-corrected chi connectivity index (χ1v) is 8.21. The molecule has 0 spiro atoms. The van der Waals surface area contributed by atoms with Crippen molar-refractivity contribution in [3.05, 3.63) is 92.8 Å². The molecule has 5 nitrogen and oxygen atoms in total. The van der Waals surface area contributed by atoms with E-state index in [4.69, 9.17) is 4.42 Å². The predicted octanol–water partition coefficient (Wildman–Crippen LogP) is 3.76. The number of hydrogen-bond donors (Lipinski definition) is 1. The Labute approximate surface area is 152 Å². The molecular formula is C21H14FNO4. The quantitative estimate of drug-likeness (QED) is 0.589. The molecule has 0 aliphatic rings. The van der Waals surface area contributed by atoms with Gasteiger partial charge in [-0.1, -0.05) is 36.4 Å². The first-order chi connectivity index (χ1) is 13.0. The first-order valence-electron chi connectivity index (χ1n) is 8.21. The fourth-order valence-electron chi connectivity index (χ4n) is 3.24. The van der Waals surface area contributed by atoms with Crippen LogP contribution in [0.4, 0.5) is 4.39 Å². The van der Waals surface area contributed by atoms with E-state index in [-0.39, 0.29) is 11.0 Å². The molecule has 27 heavy (non-hydrogen) atoms. The molecule has 0 saturated heterocycles. The van der Waals surface area contributed by atoms with Crippen LogP contribution in [0, 0.1) is 12.7 Å². The van der Waals surface area contributed by atoms with E-state index in [1.165, 1.54) is 22.8 Å². The van der Waals surface area contributed by atoms with E-state index in [0.29, 0.717) is 22.5 Å². The summed E-state index contributed by atoms with van der Waals surface area (Å²) >= 11 is 0. The van der Waals surface area contributed by atoms with E-state index >= 15 is 0 Å². The second-order valence-corrected chi connectivity index (χ2v) is 6.11. The van der Waals surface area contributed by atoms with Gasteiger partial charge in [-0.05, 0) is 30.7 Å². The molecular weight excluding hydrogens is 349 g/mol. The summed E-state index contributed by atoms with van der Waals surface area (Å²) in [5, 5.41) is 10.1. The molecule has 0 unspecified atom stereocenters. The van der Waals surface area contributed by atoms with Crippen molar-refractivity contribution >= 4 is 11.0 Å². The molecule has 4 aromatic rings. The molecule has 0 aliphatic carbocycles. The Morgan fingerprint density at radius 2 is 1.74 bits per heavy atom. The van der Waals surface area contributed by atoms with Crippen molar-refractivity contribution in [1.29, 1.82) is 0 Å². The van der Waals surface area contributed by atoms with Crippen molar-refractivity contribution in [2.24, 2.45) is 0 Å². The Morgan fingerprint density at radius 3 is 2.44 bits per heavy atom. The van der Waals surface area contributed by atoms with Gasteiger partial charge < -0.3 is 9.52 Å². The van der Waals surface area contributed by atoms with Crippen LogP contribution in [0.5, 0.6) is 5.75 Å². The third-order valence-electron chi connectivity index (χ3n) is 4.39. The number of benzene rings is 2. The van der Waals surface area contributed by atoms with Gasteiger partial charge in [-0.3, -0.25) is 9.36 Å². The zero-order valence-electron chi connectivity index (χ0n) is 14.3. The number of aryl methyl sites for hydroxylation is 1. The lowest BCUT2D eigenvalue weighted by Crippen LogP contribution is -2.22. The number of pyridine rings is 1. The summed E-state index contributed by atoms with van der Waals surface area (Å²) in [4.78, 5) is 25.0. The van der Waals surface area contributed by atoms with Crippen LogP contribution in [0.1, 0.15) is 5.56 Å². The van der Waals surface area contributed by atoms with E-state index in [1.54, 1.807) is 37.3 Å². The van der Waals surface area contributed by atoms with Gasteiger partial charge in [0.15, 0.2) is 5.58 Å². The Kier molecular flexibility index (Phi) is 3.88. The third kappa shape index (κ3) is 2.71. The zero-order valence-corrected chi connectivity index (χ0v) is 14.3. The van der Waals surface area contributed by atoms with Gasteiger partial charge in [0.2, 0.25) is 0 Å². The van der Waals surface area contributed by atoms with Crippen molar-refractivity contribution in [2.45, 2.75) is 6.92 Å². The lowest BCUT2D eigenvalue weighted by molar-refractivity contribution is 0.466. The largest absolute Gasteiger partial charge is 0.507 e. The molecule has 0 bridgehead atoms. The van der Waals surface area contributed by atoms with Crippen LogP contribution in [0.3, 0.4) is 0 Å². The minimum Gasteiger partial charge on any atom is -0.507 e. The van der Waals surface area contributed by atoms with Crippen LogP contribution in [-0.2, 0) is 0 Å². The van der Waals surface area contributed by atoms with Gasteiger partial charge in [0.1, 0.15) is 17.0 Å². The molecule has 2 heterocycles. The SMILES string of the molecule is Cc1c(-c2ccccc2)n(-c2cccc(F)c2)c(=O)c2c(O)cc(=O)oc12. The fraction of sp³-hybridized carbons (Fsp3) is 0.0476. The standard InChI is InChI=1S/C21H14FNO4/c1-12-19(13-6-3-2-4-7-13)23(15-9-5-8-14(22)10-15)21(26)18-16(24)11-17(25)27-20(12)18/h2-11,24H,1H3. The predicted molar refractivity (Wildman–Crippen MR) is 99.9 cm³/mol. The van der Waals surface area contributed by atoms with E-state index < -0.39 is 22.8 Å². The van der Waals surface area contributed by atoms with Gasteiger partial charge in [-0.15, -0.1) is 0 Å². The fourth-order valence-corrected chi connectivity index (χ4v) is 3.24. The topological polar surface area (TPSA) is 72.4 Å². The Hall–Kier alpha value is -3.67. The zero-order chi connectivity index (χ0) is 19.1. The highest BCUT2D eigenvalue weighted by molar-refractivity contribution is 5.89. The minimum absolute atomic E-state index is 0.0107. The molecule has 2 aromatic heterocycles. The number of hydrogen-bond acceptors (Lipinski definition) is 4. The Balaban J connectivity index is 2.26. The average Bonchev–Trinajstić information content (AvgIpc) is 2.64. The van der Waals surface area contributed by atoms with Crippen LogP contribution >= 0.6 is 0 Å². The Morgan fingerprint density at radius 1 is 1.00 bits per heavy atom. The van der Waals surface area contributed by atoms with E-state index in [9.17, 15) is 19.1 Å². The molecule has 134 valence electrons. The Bertz CT molecular complexity index is 1290. The summed E-state index contributed by atoms with van der Waals surface area (Å²) in [6, 6.07) is 15.5. The normalized spacial score (nSPS) is 11.0. The monoisotopic (exact) mass is 363 g/mol. The average molecular weight is 363 g/mol. The van der Waals surface area contributed by atoms with Gasteiger partial charge in [0, 0.05) is 5.56 Å². The lowest BCUT2D eigenvalue weighted by atomic mass is 10.0. The van der Waals surface area contributed by atoms with E-state index in [2.05, 4.69) is 0 Å². The molecule has 0 radical (unpaired) electrons. The summed E-state index contributed by atoms with van der Waals surface area (Å²) in [5.41, 5.74) is 0.557. The molecule has 0 aliphatic heterocycles. The molecule has 4 rings (SSSR count). The number of halogens is 1. The number of fused-ring (bicyclic) bond motifs is 1. The molecule has 0 saturated carbocycles. The number of rotatable bonds is 2. The van der Waals surface area contributed by atoms with Crippen LogP contribution in [0.15, 0.2) is 74.7 Å². The maximum Gasteiger partial charge on any atom is 0.339 e. The summed E-state index contributed by atoms with van der Waals surface area (Å²) in [7, 11) is 0. The molecule has 0 amide bonds. The highest BCUT2D eigenvalue weighted by atomic mass is 19.1. The third-order valence-corrected chi connectivity index (χ3v) is 4.39. The van der Waals surface area contributed by atoms with Crippen molar-refractivity contribution in [1.82, 2.24) is 4.57 Å². The van der Waals surface area contributed by atoms with E-state index in [0.717, 1.165) is 6.07 Å². The van der Waals surface area contributed by atoms with Crippen molar-refractivity contribution in [3.8, 4) is 22.7 Å². The number of nitrogens with zero attached hydrogens (tertiary/aromatic N) is 1. The smallest absolute Gasteiger partial charge is 0.339 e. The number of aromatic nitrogens is 1. The van der Waals surface area contributed by atoms with Crippen molar-refractivity contribution < 1.29 is 13.9 Å². The maximum absolute atomic E-state index is 13.8. The molecule has 2 aromatic carbocycles. The molecule has 1 N–H and O–H groups in total. The highest BCUT2D eigenvalue weighted by Crippen LogP contribution is 2.31. The summed E-state index contributed by atoms with van der Waals surface area (Å²) in [6.07, 6.45) is 0. The first kappa shape index (κ1) is 16.8. The van der Waals surface area contributed by atoms with Gasteiger partial charge in [-0.25, -0.2) is 9.18 Å². The van der Waals surface area contributed by atoms with Gasteiger partial charge in [0.05, 0.1) is 17.4 Å².